The summed E-state index contributed by atoms with van der Waals surface area (Å²) >= 11 is 2.24. The highest BCUT2D eigenvalue weighted by Gasteiger charge is 2.11. The molecule has 6 heteroatoms. The standard InChI is InChI=1S/C14H9IN4O/c15-10-3-4-11(13-9(10)2-1-5-18-13)19-14(20)12-8-16-6-7-17-12/h1-8H,(H,19,20). The van der Waals surface area contributed by atoms with Crippen LogP contribution in [0.3, 0.4) is 0 Å². The number of pyridine rings is 1. The number of rotatable bonds is 2. The fourth-order valence-corrected chi connectivity index (χ4v) is 2.46. The summed E-state index contributed by atoms with van der Waals surface area (Å²) < 4.78 is 1.09. The minimum atomic E-state index is -0.300. The Balaban J connectivity index is 2.00. The number of nitrogens with one attached hydrogen (secondary N) is 1. The molecule has 20 heavy (non-hydrogen) atoms. The van der Waals surface area contributed by atoms with E-state index in [9.17, 15) is 4.79 Å². The normalized spacial score (nSPS) is 10.4. The van der Waals surface area contributed by atoms with Gasteiger partial charge in [0.15, 0.2) is 0 Å². The first kappa shape index (κ1) is 12.9. The van der Waals surface area contributed by atoms with E-state index < -0.39 is 0 Å². The summed E-state index contributed by atoms with van der Waals surface area (Å²) in [5.41, 5.74) is 1.70. The number of halogens is 1. The molecule has 1 amide bonds. The lowest BCUT2D eigenvalue weighted by Gasteiger charge is -2.08. The van der Waals surface area contributed by atoms with E-state index >= 15 is 0 Å². The molecule has 0 unspecified atom stereocenters. The summed E-state index contributed by atoms with van der Waals surface area (Å²) in [6.07, 6.45) is 6.14. The lowest BCUT2D eigenvalue weighted by molar-refractivity contribution is 0.102. The SMILES string of the molecule is O=C(Nc1ccc(I)c2cccnc12)c1cnccn1. The Kier molecular flexibility index (Phi) is 3.55. The van der Waals surface area contributed by atoms with E-state index in [1.165, 1.54) is 18.6 Å². The highest BCUT2D eigenvalue weighted by Crippen LogP contribution is 2.25. The Morgan fingerprint density at radius 2 is 2.00 bits per heavy atom. The molecule has 0 bridgehead atoms. The molecule has 98 valence electrons. The topological polar surface area (TPSA) is 67.8 Å². The van der Waals surface area contributed by atoms with Crippen molar-refractivity contribution >= 4 is 45.1 Å². The van der Waals surface area contributed by atoms with Crippen molar-refractivity contribution in [2.45, 2.75) is 0 Å². The third kappa shape index (κ3) is 2.46. The maximum absolute atomic E-state index is 12.1. The van der Waals surface area contributed by atoms with Gasteiger partial charge >= 0.3 is 0 Å². The molecule has 3 aromatic rings. The first-order valence-electron chi connectivity index (χ1n) is 5.86. The van der Waals surface area contributed by atoms with Crippen LogP contribution < -0.4 is 5.32 Å². The van der Waals surface area contributed by atoms with Gasteiger partial charge < -0.3 is 5.32 Å². The number of carbonyl (C=O) groups is 1. The van der Waals surface area contributed by atoms with Crippen LogP contribution in [-0.2, 0) is 0 Å². The van der Waals surface area contributed by atoms with Gasteiger partial charge in [-0.25, -0.2) is 4.98 Å². The van der Waals surface area contributed by atoms with Crippen LogP contribution >= 0.6 is 22.6 Å². The molecule has 0 fully saturated rings. The van der Waals surface area contributed by atoms with Crippen molar-refractivity contribution in [2.75, 3.05) is 5.32 Å². The number of anilines is 1. The van der Waals surface area contributed by atoms with Crippen molar-refractivity contribution in [3.63, 3.8) is 0 Å². The third-order valence-corrected chi connectivity index (χ3v) is 3.70. The van der Waals surface area contributed by atoms with Crippen molar-refractivity contribution in [2.24, 2.45) is 0 Å². The second-order valence-corrected chi connectivity index (χ2v) is 5.20. The number of amides is 1. The summed E-state index contributed by atoms with van der Waals surface area (Å²) in [4.78, 5) is 24.3. The van der Waals surface area contributed by atoms with Crippen molar-refractivity contribution < 1.29 is 4.79 Å². The number of benzene rings is 1. The van der Waals surface area contributed by atoms with E-state index in [4.69, 9.17) is 0 Å². The van der Waals surface area contributed by atoms with Crippen molar-refractivity contribution in [3.05, 3.63) is 58.3 Å². The summed E-state index contributed by atoms with van der Waals surface area (Å²) in [6, 6.07) is 7.63. The van der Waals surface area contributed by atoms with Crippen molar-refractivity contribution in [1.29, 1.82) is 0 Å². The Labute approximate surface area is 128 Å². The summed E-state index contributed by atoms with van der Waals surface area (Å²) in [7, 11) is 0. The Morgan fingerprint density at radius 1 is 1.10 bits per heavy atom. The van der Waals surface area contributed by atoms with Gasteiger partial charge in [-0.15, -0.1) is 0 Å². The quantitative estimate of drug-likeness (QED) is 0.699. The Morgan fingerprint density at radius 3 is 2.80 bits per heavy atom. The van der Waals surface area contributed by atoms with E-state index in [2.05, 4.69) is 42.9 Å². The van der Waals surface area contributed by atoms with E-state index in [-0.39, 0.29) is 11.6 Å². The van der Waals surface area contributed by atoms with Crippen LogP contribution in [0.25, 0.3) is 10.9 Å². The van der Waals surface area contributed by atoms with Gasteiger partial charge in [-0.3, -0.25) is 14.8 Å². The highest BCUT2D eigenvalue weighted by atomic mass is 127. The van der Waals surface area contributed by atoms with Gasteiger partial charge in [-0.1, -0.05) is 6.07 Å². The molecule has 0 aliphatic rings. The van der Waals surface area contributed by atoms with Crippen LogP contribution in [0.15, 0.2) is 49.1 Å². The molecule has 5 nitrogen and oxygen atoms in total. The van der Waals surface area contributed by atoms with Gasteiger partial charge in [0.1, 0.15) is 5.69 Å². The molecular weight excluding hydrogens is 367 g/mol. The fraction of sp³-hybridized carbons (Fsp3) is 0. The number of hydrogen-bond acceptors (Lipinski definition) is 4. The number of nitrogens with zero attached hydrogens (tertiary/aromatic N) is 3. The van der Waals surface area contributed by atoms with E-state index in [1.807, 2.05) is 24.3 Å². The second-order valence-electron chi connectivity index (χ2n) is 4.04. The molecule has 0 atom stereocenters. The van der Waals surface area contributed by atoms with E-state index in [1.54, 1.807) is 6.20 Å². The van der Waals surface area contributed by atoms with Gasteiger partial charge in [-0.05, 0) is 40.8 Å². The predicted molar refractivity (Wildman–Crippen MR) is 84.4 cm³/mol. The zero-order valence-electron chi connectivity index (χ0n) is 10.2. The number of carbonyl (C=O) groups excluding carboxylic acids is 1. The van der Waals surface area contributed by atoms with Crippen LogP contribution in [-0.4, -0.2) is 20.9 Å². The van der Waals surface area contributed by atoms with Crippen molar-refractivity contribution in [3.8, 4) is 0 Å². The maximum Gasteiger partial charge on any atom is 0.275 e. The average Bonchev–Trinajstić information content (AvgIpc) is 2.51. The predicted octanol–water partition coefficient (Wildman–Crippen LogP) is 2.88. The zero-order chi connectivity index (χ0) is 13.9. The molecule has 2 heterocycles. The summed E-state index contributed by atoms with van der Waals surface area (Å²) in [5, 5.41) is 3.83. The molecule has 0 aliphatic heterocycles. The maximum atomic E-state index is 12.1. The molecule has 0 radical (unpaired) electrons. The van der Waals surface area contributed by atoms with Crippen molar-refractivity contribution in [1.82, 2.24) is 15.0 Å². The monoisotopic (exact) mass is 376 g/mol. The summed E-state index contributed by atoms with van der Waals surface area (Å²) in [6.45, 7) is 0. The van der Waals surface area contributed by atoms with E-state index in [0.717, 1.165) is 14.5 Å². The smallest absolute Gasteiger partial charge is 0.275 e. The van der Waals surface area contributed by atoms with Gasteiger partial charge in [-0.2, -0.15) is 0 Å². The molecule has 3 rings (SSSR count). The van der Waals surface area contributed by atoms with Gasteiger partial charge in [0, 0.05) is 27.5 Å². The molecule has 0 spiro atoms. The molecular formula is C14H9IN4O. The Hall–Kier alpha value is -2.09. The Bertz CT molecular complexity index is 776. The number of hydrogen-bond donors (Lipinski definition) is 1. The number of aromatic nitrogens is 3. The zero-order valence-corrected chi connectivity index (χ0v) is 12.4. The molecule has 1 N–H and O–H groups in total. The summed E-state index contributed by atoms with van der Waals surface area (Å²) in [5.74, 6) is -0.300. The first-order valence-corrected chi connectivity index (χ1v) is 6.94. The van der Waals surface area contributed by atoms with Gasteiger partial charge in [0.05, 0.1) is 17.4 Å². The fourth-order valence-electron chi connectivity index (χ4n) is 1.84. The number of fused-ring (bicyclic) bond motifs is 1. The van der Waals surface area contributed by atoms with Crippen LogP contribution in [0.5, 0.6) is 0 Å². The van der Waals surface area contributed by atoms with Gasteiger partial charge in [0.2, 0.25) is 0 Å². The first-order chi connectivity index (χ1) is 9.75. The van der Waals surface area contributed by atoms with Gasteiger partial charge in [0.25, 0.3) is 5.91 Å². The minimum Gasteiger partial charge on any atom is -0.319 e. The molecule has 0 aliphatic carbocycles. The largest absolute Gasteiger partial charge is 0.319 e. The second kappa shape index (κ2) is 5.49. The lowest BCUT2D eigenvalue weighted by Crippen LogP contribution is -2.14. The van der Waals surface area contributed by atoms with Crippen LogP contribution in [0.1, 0.15) is 10.5 Å². The molecule has 2 aromatic heterocycles. The average molecular weight is 376 g/mol. The third-order valence-electron chi connectivity index (χ3n) is 2.76. The highest BCUT2D eigenvalue weighted by molar-refractivity contribution is 14.1. The van der Waals surface area contributed by atoms with Crippen LogP contribution in [0.2, 0.25) is 0 Å². The molecule has 0 saturated carbocycles. The molecule has 0 saturated heterocycles. The van der Waals surface area contributed by atoms with E-state index in [0.29, 0.717) is 5.69 Å². The molecule has 1 aromatic carbocycles. The van der Waals surface area contributed by atoms with Crippen LogP contribution in [0, 0.1) is 3.57 Å². The minimum absolute atomic E-state index is 0.273. The lowest BCUT2D eigenvalue weighted by atomic mass is 10.2. The van der Waals surface area contributed by atoms with Crippen LogP contribution in [0.4, 0.5) is 5.69 Å².